The fraction of sp³-hybridized carbons (Fsp3) is 0.844. The number of carboxylic acids is 2. The normalized spacial score (nSPS) is 12.0. The minimum absolute atomic E-state index is 0.0268. The molecule has 0 aliphatic heterocycles. The predicted molar refractivity (Wildman–Crippen MR) is 241 cm³/mol. The van der Waals surface area contributed by atoms with E-state index < -0.39 is 24.6 Å². The molecule has 8 N–H and O–H groups in total. The van der Waals surface area contributed by atoms with Gasteiger partial charge in [0.05, 0.1) is 45.7 Å². The topological polar surface area (TPSA) is 277 Å². The lowest BCUT2D eigenvalue weighted by atomic mass is 10.0. The van der Waals surface area contributed by atoms with Crippen molar-refractivity contribution in [1.29, 1.82) is 0 Å². The molecule has 0 unspecified atom stereocenters. The Labute approximate surface area is 381 Å². The fourth-order valence-corrected chi connectivity index (χ4v) is 6.60. The number of amides is 4. The van der Waals surface area contributed by atoms with E-state index in [-0.39, 0.29) is 127 Å². The zero-order valence-electron chi connectivity index (χ0n) is 38.7. The van der Waals surface area contributed by atoms with Crippen molar-refractivity contribution in [2.24, 2.45) is 0 Å². The van der Waals surface area contributed by atoms with Crippen molar-refractivity contribution in [3.8, 4) is 0 Å². The van der Waals surface area contributed by atoms with Crippen molar-refractivity contribution in [1.82, 2.24) is 26.6 Å². The number of hydrogen-bond donors (Lipinski definition) is 8. The van der Waals surface area contributed by atoms with E-state index in [1.807, 2.05) is 0 Å². The van der Waals surface area contributed by atoms with E-state index in [0.29, 0.717) is 32.2 Å². The number of Topliss-reactive ketones (excluding diaryl/α,β-unsaturated/α-hetero) is 1. The Morgan fingerprint density at radius 2 is 0.875 bits per heavy atom. The summed E-state index contributed by atoms with van der Waals surface area (Å²) in [5.41, 5.74) is 0. The Hall–Kier alpha value is -3.75. The third kappa shape index (κ3) is 41.0. The Kier molecular flexibility index (Phi) is 41.8. The Morgan fingerprint density at radius 1 is 0.438 bits per heavy atom. The van der Waals surface area contributed by atoms with Crippen LogP contribution in [0.3, 0.4) is 0 Å². The third-order valence-corrected chi connectivity index (χ3v) is 10.3. The highest BCUT2D eigenvalue weighted by Gasteiger charge is 2.21. The lowest BCUT2D eigenvalue weighted by Crippen LogP contribution is -2.41. The van der Waals surface area contributed by atoms with Gasteiger partial charge >= 0.3 is 11.9 Å². The highest BCUT2D eigenvalue weighted by Crippen LogP contribution is 2.14. The van der Waals surface area contributed by atoms with Crippen LogP contribution in [0.15, 0.2) is 0 Å². The predicted octanol–water partition coefficient (Wildman–Crippen LogP) is 3.18. The summed E-state index contributed by atoms with van der Waals surface area (Å²) in [5.74, 6) is -3.41. The van der Waals surface area contributed by atoms with Crippen LogP contribution in [0.4, 0.5) is 0 Å². The average molecular weight is 918 g/mol. The summed E-state index contributed by atoms with van der Waals surface area (Å²) < 4.78 is 21.3. The summed E-state index contributed by atoms with van der Waals surface area (Å²) in [6, 6.07) is -1.53. The molecule has 19 nitrogen and oxygen atoms in total. The number of likely N-dealkylation sites (N-methyl/N-ethyl adjacent to an activating group) is 1. The van der Waals surface area contributed by atoms with E-state index in [4.69, 9.17) is 29.2 Å². The second-order valence-corrected chi connectivity index (χ2v) is 15.9. The number of aliphatic carboxylic acids is 2. The molecule has 0 aliphatic rings. The van der Waals surface area contributed by atoms with Gasteiger partial charge in [0.15, 0.2) is 5.78 Å². The van der Waals surface area contributed by atoms with Gasteiger partial charge in [-0.3, -0.25) is 28.8 Å². The van der Waals surface area contributed by atoms with E-state index >= 15 is 0 Å². The second kappa shape index (κ2) is 44.5. The van der Waals surface area contributed by atoms with Crippen molar-refractivity contribution >= 4 is 41.4 Å². The van der Waals surface area contributed by atoms with Crippen LogP contribution >= 0.6 is 0 Å². The smallest absolute Gasteiger partial charge is 0.326 e. The molecule has 0 bridgehead atoms. The van der Waals surface area contributed by atoms with Gasteiger partial charge in [-0.05, 0) is 45.6 Å². The zero-order valence-corrected chi connectivity index (χ0v) is 38.7. The van der Waals surface area contributed by atoms with Crippen LogP contribution in [0.2, 0.25) is 0 Å². The first kappa shape index (κ1) is 60.2. The van der Waals surface area contributed by atoms with Crippen molar-refractivity contribution < 1.29 is 67.8 Å². The zero-order chi connectivity index (χ0) is 47.3. The maximum Gasteiger partial charge on any atom is 0.326 e. The van der Waals surface area contributed by atoms with Crippen LogP contribution in [0.25, 0.3) is 0 Å². The van der Waals surface area contributed by atoms with Crippen molar-refractivity contribution in [2.45, 2.75) is 160 Å². The van der Waals surface area contributed by atoms with Gasteiger partial charge in [0.1, 0.15) is 25.9 Å². The number of aliphatic hydroxyl groups excluding tert-OH is 1. The van der Waals surface area contributed by atoms with Crippen molar-refractivity contribution in [3.63, 3.8) is 0 Å². The molecule has 0 spiro atoms. The van der Waals surface area contributed by atoms with Crippen LogP contribution in [0.1, 0.15) is 148 Å². The maximum atomic E-state index is 12.3. The summed E-state index contributed by atoms with van der Waals surface area (Å²) in [4.78, 5) is 82.0. The van der Waals surface area contributed by atoms with Gasteiger partial charge in [-0.2, -0.15) is 0 Å². The minimum atomic E-state index is -1.18. The average Bonchev–Trinajstić information content (AvgIpc) is 3.27. The van der Waals surface area contributed by atoms with Crippen molar-refractivity contribution in [3.05, 3.63) is 0 Å². The third-order valence-electron chi connectivity index (χ3n) is 10.3. The first-order chi connectivity index (χ1) is 31.0. The molecular formula is C45H83N5O14. The quantitative estimate of drug-likeness (QED) is 0.0407. The van der Waals surface area contributed by atoms with Crippen LogP contribution in [-0.2, 0) is 52.5 Å². The van der Waals surface area contributed by atoms with Gasteiger partial charge in [-0.1, -0.05) is 89.9 Å². The minimum Gasteiger partial charge on any atom is -0.481 e. The van der Waals surface area contributed by atoms with E-state index in [1.54, 1.807) is 7.05 Å². The molecule has 0 aromatic carbocycles. The van der Waals surface area contributed by atoms with E-state index in [0.717, 1.165) is 38.5 Å². The van der Waals surface area contributed by atoms with Crippen molar-refractivity contribution in [2.75, 3.05) is 86.1 Å². The van der Waals surface area contributed by atoms with Gasteiger partial charge in [0, 0.05) is 38.9 Å². The molecule has 0 aliphatic carbocycles. The standard InChI is InChI=1S/C45H83N5O14/c1-46-37(39(52)34-51)20-18-19-25-47-42(55)35-63-32-31-62-29-27-49-43(56)36-64-33-30-61-28-26-48-40(53)24-23-38(45(59)60)50-41(54)21-16-14-12-10-8-6-4-2-3-5-7-9-11-13-15-17-22-44(57)58/h37-38,46,51H,2-36H2,1H3,(H,47,55)(H,48,53)(H,49,56)(H,50,54)(H,57,58)(H,59,60)/t37-,38-/m0/s1. The van der Waals surface area contributed by atoms with E-state index in [1.165, 1.54) is 57.8 Å². The maximum absolute atomic E-state index is 12.3. The van der Waals surface area contributed by atoms with E-state index in [2.05, 4.69) is 26.6 Å². The molecule has 0 radical (unpaired) electrons. The number of unbranched alkanes of at least 4 members (excludes halogenated alkanes) is 16. The van der Waals surface area contributed by atoms with Crippen LogP contribution in [-0.4, -0.2) is 155 Å². The van der Waals surface area contributed by atoms with Gasteiger partial charge in [-0.15, -0.1) is 0 Å². The molecule has 0 fully saturated rings. The van der Waals surface area contributed by atoms with Crippen LogP contribution in [0.5, 0.6) is 0 Å². The Balaban J connectivity index is 3.65. The van der Waals surface area contributed by atoms with E-state index in [9.17, 15) is 38.7 Å². The summed E-state index contributed by atoms with van der Waals surface area (Å²) in [5, 5.41) is 40.6. The molecule has 0 heterocycles. The number of ether oxygens (including phenoxy) is 4. The molecule has 19 heteroatoms. The first-order valence-corrected chi connectivity index (χ1v) is 23.7. The summed E-state index contributed by atoms with van der Waals surface area (Å²) in [6.07, 6.45) is 20.2. The van der Waals surface area contributed by atoms with Gasteiger partial charge in [0.25, 0.3) is 0 Å². The van der Waals surface area contributed by atoms with Gasteiger partial charge in [-0.25, -0.2) is 4.79 Å². The number of ketones is 1. The number of carbonyl (C=O) groups excluding carboxylic acids is 5. The fourth-order valence-electron chi connectivity index (χ4n) is 6.60. The lowest BCUT2D eigenvalue weighted by Gasteiger charge is -2.14. The number of aliphatic hydroxyl groups is 1. The lowest BCUT2D eigenvalue weighted by molar-refractivity contribution is -0.142. The monoisotopic (exact) mass is 918 g/mol. The summed E-state index contributed by atoms with van der Waals surface area (Å²) >= 11 is 0. The number of hydrogen-bond acceptors (Lipinski definition) is 13. The number of carboxylic acid groups (broad SMARTS) is 2. The molecule has 4 amide bonds. The SMILES string of the molecule is CN[C@@H](CCCCNC(=O)COCCOCCNC(=O)COCCOCCNC(=O)CC[C@H](NC(=O)CCCCCCCCCCCCCCCCCCC(=O)O)C(=O)O)C(=O)CO. The molecule has 0 aromatic rings. The highest BCUT2D eigenvalue weighted by atomic mass is 16.5. The molecule has 0 saturated heterocycles. The first-order valence-electron chi connectivity index (χ1n) is 23.7. The van der Waals surface area contributed by atoms with Gasteiger partial charge in [0.2, 0.25) is 23.6 Å². The highest BCUT2D eigenvalue weighted by molar-refractivity contribution is 5.85. The summed E-state index contributed by atoms with van der Waals surface area (Å²) in [7, 11) is 1.66. The molecule has 2 atom stereocenters. The molecular weight excluding hydrogens is 835 g/mol. The van der Waals surface area contributed by atoms with Gasteiger partial charge < -0.3 is 60.9 Å². The number of carbonyl (C=O) groups is 7. The molecule has 64 heavy (non-hydrogen) atoms. The largest absolute Gasteiger partial charge is 0.481 e. The molecule has 372 valence electrons. The number of nitrogens with one attached hydrogen (secondary N) is 5. The molecule has 0 saturated carbocycles. The van der Waals surface area contributed by atoms with Crippen LogP contribution < -0.4 is 26.6 Å². The summed E-state index contributed by atoms with van der Waals surface area (Å²) in [6.45, 7) is 1.42. The number of rotatable bonds is 48. The molecule has 0 aromatic heterocycles. The Bertz CT molecular complexity index is 1240. The second-order valence-electron chi connectivity index (χ2n) is 15.9. The van der Waals surface area contributed by atoms with Crippen LogP contribution in [0, 0.1) is 0 Å². The Morgan fingerprint density at radius 3 is 1.33 bits per heavy atom. The molecule has 0 rings (SSSR count).